The molecule has 0 radical (unpaired) electrons. The molecule has 2 unspecified atom stereocenters. The summed E-state index contributed by atoms with van der Waals surface area (Å²) in [5.74, 6) is 1.12. The average molecular weight is 437 g/mol. The lowest BCUT2D eigenvalue weighted by Crippen LogP contribution is -2.40. The van der Waals surface area contributed by atoms with Crippen molar-refractivity contribution in [3.05, 3.63) is 71.3 Å². The fraction of sp³-hybridized carbons (Fsp3) is 0.462. The molecule has 2 atom stereocenters. The van der Waals surface area contributed by atoms with Crippen LogP contribution in [0, 0.1) is 12.8 Å². The summed E-state index contributed by atoms with van der Waals surface area (Å²) < 4.78 is 6.12. The summed E-state index contributed by atoms with van der Waals surface area (Å²) in [6, 6.07) is 18.6. The summed E-state index contributed by atoms with van der Waals surface area (Å²) in [7, 11) is 0. The summed E-state index contributed by atoms with van der Waals surface area (Å²) in [5, 5.41) is 9.53. The Balaban J connectivity index is 1.48. The SMILES string of the molecule is CCNC(=NCC1CCCOC1c1ccc(C)cc1)NCCC(=O)NCc1ccccc1. The van der Waals surface area contributed by atoms with Crippen molar-refractivity contribution in [2.24, 2.45) is 10.9 Å². The van der Waals surface area contributed by atoms with Crippen molar-refractivity contribution >= 4 is 11.9 Å². The Labute approximate surface area is 191 Å². The van der Waals surface area contributed by atoms with E-state index in [-0.39, 0.29) is 12.0 Å². The van der Waals surface area contributed by atoms with Gasteiger partial charge in [-0.05, 0) is 37.8 Å². The predicted molar refractivity (Wildman–Crippen MR) is 129 cm³/mol. The molecule has 0 aromatic heterocycles. The molecular weight excluding hydrogens is 400 g/mol. The van der Waals surface area contributed by atoms with Gasteiger partial charge >= 0.3 is 0 Å². The van der Waals surface area contributed by atoms with Crippen LogP contribution in [0.3, 0.4) is 0 Å². The van der Waals surface area contributed by atoms with E-state index < -0.39 is 0 Å². The van der Waals surface area contributed by atoms with Crippen LogP contribution in [-0.2, 0) is 16.1 Å². The Morgan fingerprint density at radius 1 is 1.06 bits per heavy atom. The number of hydrogen-bond acceptors (Lipinski definition) is 3. The summed E-state index contributed by atoms with van der Waals surface area (Å²) >= 11 is 0. The van der Waals surface area contributed by atoms with E-state index in [1.54, 1.807) is 0 Å². The molecule has 1 saturated heterocycles. The highest BCUT2D eigenvalue weighted by atomic mass is 16.5. The number of hydrogen-bond donors (Lipinski definition) is 3. The largest absolute Gasteiger partial charge is 0.373 e. The third kappa shape index (κ3) is 7.68. The van der Waals surface area contributed by atoms with E-state index in [0.717, 1.165) is 37.5 Å². The quantitative estimate of drug-likeness (QED) is 0.414. The molecular formula is C26H36N4O2. The minimum Gasteiger partial charge on any atom is -0.373 e. The second-order valence-corrected chi connectivity index (χ2v) is 8.26. The highest BCUT2D eigenvalue weighted by Gasteiger charge is 2.27. The van der Waals surface area contributed by atoms with Crippen molar-refractivity contribution in [2.45, 2.75) is 45.8 Å². The van der Waals surface area contributed by atoms with Crippen molar-refractivity contribution in [1.29, 1.82) is 0 Å². The minimum absolute atomic E-state index is 0.0253. The van der Waals surface area contributed by atoms with Crippen molar-refractivity contribution in [3.63, 3.8) is 0 Å². The van der Waals surface area contributed by atoms with Crippen LogP contribution >= 0.6 is 0 Å². The van der Waals surface area contributed by atoms with Gasteiger partial charge < -0.3 is 20.7 Å². The van der Waals surface area contributed by atoms with Crippen LogP contribution in [0.25, 0.3) is 0 Å². The number of benzene rings is 2. The highest BCUT2D eigenvalue weighted by Crippen LogP contribution is 2.33. The molecule has 0 bridgehead atoms. The molecule has 0 aliphatic carbocycles. The second kappa shape index (κ2) is 12.9. The number of aliphatic imine (C=N–C) groups is 1. The molecule has 3 rings (SSSR count). The van der Waals surface area contributed by atoms with Crippen molar-refractivity contribution in [3.8, 4) is 0 Å². The van der Waals surface area contributed by atoms with Gasteiger partial charge in [-0.3, -0.25) is 9.79 Å². The van der Waals surface area contributed by atoms with E-state index in [4.69, 9.17) is 9.73 Å². The summed E-state index contributed by atoms with van der Waals surface area (Å²) in [6.45, 7) is 7.49. The number of nitrogens with zero attached hydrogens (tertiary/aromatic N) is 1. The molecule has 3 N–H and O–H groups in total. The molecule has 32 heavy (non-hydrogen) atoms. The van der Waals surface area contributed by atoms with Crippen LogP contribution in [0.4, 0.5) is 0 Å². The molecule has 1 aliphatic heterocycles. The predicted octanol–water partition coefficient (Wildman–Crippen LogP) is 3.72. The van der Waals surface area contributed by atoms with E-state index in [9.17, 15) is 4.79 Å². The van der Waals surface area contributed by atoms with Gasteiger partial charge in [-0.25, -0.2) is 0 Å². The highest BCUT2D eigenvalue weighted by molar-refractivity contribution is 5.81. The van der Waals surface area contributed by atoms with Gasteiger partial charge in [-0.15, -0.1) is 0 Å². The molecule has 2 aromatic carbocycles. The average Bonchev–Trinajstić information content (AvgIpc) is 2.82. The first-order valence-electron chi connectivity index (χ1n) is 11.7. The molecule has 1 aliphatic rings. The Morgan fingerprint density at radius 2 is 1.84 bits per heavy atom. The maximum atomic E-state index is 12.2. The van der Waals surface area contributed by atoms with E-state index in [1.165, 1.54) is 11.1 Å². The van der Waals surface area contributed by atoms with Crippen LogP contribution < -0.4 is 16.0 Å². The first-order valence-corrected chi connectivity index (χ1v) is 11.7. The molecule has 1 amide bonds. The Hall–Kier alpha value is -2.86. The number of ether oxygens (including phenoxy) is 1. The zero-order chi connectivity index (χ0) is 22.6. The Kier molecular flexibility index (Phi) is 9.57. The fourth-order valence-corrected chi connectivity index (χ4v) is 3.88. The first-order chi connectivity index (χ1) is 15.7. The maximum Gasteiger partial charge on any atom is 0.222 e. The topological polar surface area (TPSA) is 74.8 Å². The molecule has 1 fully saturated rings. The third-order valence-corrected chi connectivity index (χ3v) is 5.66. The maximum absolute atomic E-state index is 12.2. The van der Waals surface area contributed by atoms with Crippen molar-refractivity contribution < 1.29 is 9.53 Å². The Morgan fingerprint density at radius 3 is 2.59 bits per heavy atom. The molecule has 0 spiro atoms. The number of rotatable bonds is 9. The summed E-state index contributed by atoms with van der Waals surface area (Å²) in [4.78, 5) is 17.0. The normalized spacial score (nSPS) is 18.8. The summed E-state index contributed by atoms with van der Waals surface area (Å²) in [6.07, 6.45) is 2.65. The lowest BCUT2D eigenvalue weighted by Gasteiger charge is -2.31. The number of aryl methyl sites for hydroxylation is 1. The third-order valence-electron chi connectivity index (χ3n) is 5.66. The van der Waals surface area contributed by atoms with Gasteiger partial charge in [0.1, 0.15) is 0 Å². The van der Waals surface area contributed by atoms with Crippen LogP contribution in [0.5, 0.6) is 0 Å². The minimum atomic E-state index is 0.0253. The van der Waals surface area contributed by atoms with Crippen LogP contribution in [-0.4, -0.2) is 38.1 Å². The van der Waals surface area contributed by atoms with Gasteiger partial charge in [0.2, 0.25) is 5.91 Å². The zero-order valence-corrected chi connectivity index (χ0v) is 19.3. The summed E-state index contributed by atoms with van der Waals surface area (Å²) in [5.41, 5.74) is 3.58. The number of carbonyl (C=O) groups excluding carboxylic acids is 1. The molecule has 6 nitrogen and oxygen atoms in total. The van der Waals surface area contributed by atoms with Gasteiger partial charge in [0.05, 0.1) is 6.10 Å². The van der Waals surface area contributed by atoms with Crippen molar-refractivity contribution in [2.75, 3.05) is 26.2 Å². The van der Waals surface area contributed by atoms with E-state index in [0.29, 0.717) is 32.0 Å². The standard InChI is InChI=1S/C26H36N4O2/c1-3-27-26(28-16-15-24(31)29-18-21-8-5-4-6-9-21)30-19-23-10-7-17-32-25(23)22-13-11-20(2)12-14-22/h4-6,8-9,11-14,23,25H,3,7,10,15-19H2,1-2H3,(H,29,31)(H2,27,28,30). The van der Waals surface area contributed by atoms with Gasteiger partial charge in [0, 0.05) is 45.1 Å². The van der Waals surface area contributed by atoms with Crippen LogP contribution in [0.2, 0.25) is 0 Å². The van der Waals surface area contributed by atoms with E-state index in [1.807, 2.05) is 37.3 Å². The molecule has 1 heterocycles. The number of guanidine groups is 1. The van der Waals surface area contributed by atoms with Crippen LogP contribution in [0.1, 0.15) is 49.0 Å². The van der Waals surface area contributed by atoms with Gasteiger partial charge in [-0.2, -0.15) is 0 Å². The first kappa shape index (κ1) is 23.8. The fourth-order valence-electron chi connectivity index (χ4n) is 3.88. The van der Waals surface area contributed by atoms with Gasteiger partial charge in [0.15, 0.2) is 5.96 Å². The number of nitrogens with one attached hydrogen (secondary N) is 3. The second-order valence-electron chi connectivity index (χ2n) is 8.26. The smallest absolute Gasteiger partial charge is 0.222 e. The Bertz CT molecular complexity index is 852. The van der Waals surface area contributed by atoms with Gasteiger partial charge in [0.25, 0.3) is 0 Å². The lowest BCUT2D eigenvalue weighted by molar-refractivity contribution is -0.121. The zero-order valence-electron chi connectivity index (χ0n) is 19.3. The van der Waals surface area contributed by atoms with E-state index >= 15 is 0 Å². The lowest BCUT2D eigenvalue weighted by atomic mass is 9.89. The van der Waals surface area contributed by atoms with Crippen LogP contribution in [0.15, 0.2) is 59.6 Å². The van der Waals surface area contributed by atoms with E-state index in [2.05, 4.69) is 47.1 Å². The molecule has 6 heteroatoms. The molecule has 0 saturated carbocycles. The monoisotopic (exact) mass is 436 g/mol. The van der Waals surface area contributed by atoms with Gasteiger partial charge in [-0.1, -0.05) is 60.2 Å². The molecule has 2 aromatic rings. The molecule has 172 valence electrons. The number of amides is 1. The van der Waals surface area contributed by atoms with Crippen molar-refractivity contribution in [1.82, 2.24) is 16.0 Å². The number of carbonyl (C=O) groups is 1.